The fourth-order valence-electron chi connectivity index (χ4n) is 4.98. The summed E-state index contributed by atoms with van der Waals surface area (Å²) in [6, 6.07) is 19.3. The van der Waals surface area contributed by atoms with Crippen molar-refractivity contribution in [1.29, 1.82) is 0 Å². The van der Waals surface area contributed by atoms with Gasteiger partial charge in [0.25, 0.3) is 5.91 Å². The lowest BCUT2D eigenvalue weighted by Gasteiger charge is -2.18. The second kappa shape index (κ2) is 8.05. The topological polar surface area (TPSA) is 107 Å². The minimum absolute atomic E-state index is 0.106. The molecule has 0 saturated carbocycles. The van der Waals surface area contributed by atoms with Crippen LogP contribution in [0.25, 0.3) is 33.5 Å². The molecule has 0 atom stereocenters. The highest BCUT2D eigenvalue weighted by molar-refractivity contribution is 6.09. The van der Waals surface area contributed by atoms with E-state index in [1.165, 1.54) is 0 Å². The zero-order chi connectivity index (χ0) is 25.0. The highest BCUT2D eigenvalue weighted by Gasteiger charge is 2.43. The Labute approximate surface area is 207 Å². The Morgan fingerprint density at radius 3 is 2.64 bits per heavy atom. The van der Waals surface area contributed by atoms with Crippen molar-refractivity contribution >= 4 is 39.4 Å². The highest BCUT2D eigenvalue weighted by atomic mass is 16.2. The summed E-state index contributed by atoms with van der Waals surface area (Å²) in [5, 5.41) is 11.4. The van der Waals surface area contributed by atoms with E-state index in [0.29, 0.717) is 30.2 Å². The molecule has 8 nitrogen and oxygen atoms in total. The number of carbonyl (C=O) groups is 2. The van der Waals surface area contributed by atoms with Crippen LogP contribution in [-0.2, 0) is 16.8 Å². The molecule has 3 aromatic carbocycles. The number of rotatable bonds is 5. The summed E-state index contributed by atoms with van der Waals surface area (Å²) in [7, 11) is 0. The highest BCUT2D eigenvalue weighted by Crippen LogP contribution is 2.43. The van der Waals surface area contributed by atoms with E-state index >= 15 is 0 Å². The number of aromatic nitrogens is 4. The number of likely N-dealkylation sites (N-methyl/N-ethyl adjacent to an activating group) is 1. The number of imidazole rings is 1. The van der Waals surface area contributed by atoms with Gasteiger partial charge >= 0.3 is 0 Å². The maximum Gasteiger partial charge on any atom is 0.251 e. The van der Waals surface area contributed by atoms with Gasteiger partial charge in [0.2, 0.25) is 5.91 Å². The monoisotopic (exact) mass is 478 g/mol. The third kappa shape index (κ3) is 3.37. The van der Waals surface area contributed by atoms with Crippen LogP contribution in [-0.4, -0.2) is 38.5 Å². The summed E-state index contributed by atoms with van der Waals surface area (Å²) in [6.45, 7) is 6.98. The Balaban J connectivity index is 1.31. The van der Waals surface area contributed by atoms with Crippen LogP contribution in [0, 0.1) is 0 Å². The van der Waals surface area contributed by atoms with Crippen LogP contribution in [0.5, 0.6) is 0 Å². The summed E-state index contributed by atoms with van der Waals surface area (Å²) in [6.07, 6.45) is 0. The van der Waals surface area contributed by atoms with Crippen LogP contribution in [0.2, 0.25) is 0 Å². The second-order valence-corrected chi connectivity index (χ2v) is 9.65. The average Bonchev–Trinajstić information content (AvgIpc) is 3.54. The molecule has 8 heteroatoms. The number of H-pyrrole nitrogens is 2. The van der Waals surface area contributed by atoms with Crippen LogP contribution >= 0.6 is 0 Å². The Morgan fingerprint density at radius 1 is 1.06 bits per heavy atom. The van der Waals surface area contributed by atoms with Crippen molar-refractivity contribution in [1.82, 2.24) is 25.5 Å². The largest absolute Gasteiger partial charge is 0.348 e. The number of fused-ring (bicyclic) bond motifs is 3. The van der Waals surface area contributed by atoms with Crippen molar-refractivity contribution < 1.29 is 9.59 Å². The van der Waals surface area contributed by atoms with Crippen LogP contribution in [0.15, 0.2) is 60.7 Å². The van der Waals surface area contributed by atoms with Gasteiger partial charge in [0.05, 0.1) is 27.7 Å². The van der Waals surface area contributed by atoms with Crippen LogP contribution in [0.1, 0.15) is 42.3 Å². The van der Waals surface area contributed by atoms with Crippen molar-refractivity contribution in [3.05, 3.63) is 77.4 Å². The quantitative estimate of drug-likeness (QED) is 0.341. The van der Waals surface area contributed by atoms with Gasteiger partial charge in [-0.25, -0.2) is 4.98 Å². The van der Waals surface area contributed by atoms with Gasteiger partial charge < -0.3 is 15.2 Å². The summed E-state index contributed by atoms with van der Waals surface area (Å²) < 4.78 is 0. The molecule has 0 unspecified atom stereocenters. The Kier molecular flexibility index (Phi) is 4.93. The van der Waals surface area contributed by atoms with Crippen LogP contribution in [0.4, 0.5) is 5.69 Å². The molecule has 6 rings (SSSR count). The number of aromatic amines is 2. The molecule has 3 heterocycles. The molecule has 36 heavy (non-hydrogen) atoms. The molecule has 1 aliphatic rings. The summed E-state index contributed by atoms with van der Waals surface area (Å²) >= 11 is 0. The Morgan fingerprint density at radius 2 is 1.86 bits per heavy atom. The molecule has 2 aromatic heterocycles. The van der Waals surface area contributed by atoms with Gasteiger partial charge in [-0.3, -0.25) is 14.7 Å². The number of hydrogen-bond acceptors (Lipinski definition) is 4. The normalized spacial score (nSPS) is 14.5. The molecular formula is C28H26N6O2. The summed E-state index contributed by atoms with van der Waals surface area (Å²) in [4.78, 5) is 35.5. The molecule has 0 fully saturated rings. The van der Waals surface area contributed by atoms with Crippen LogP contribution in [0.3, 0.4) is 0 Å². The number of nitrogens with zero attached hydrogens (tertiary/aromatic N) is 3. The SMILES string of the molecule is CCN1C(=O)C(C)(C)c2cc3[nH]c(-c4n[nH]c5cc(C(=O)NCc6ccccc6)ccc45)nc3cc21. The standard InChI is InChI=1S/C28H26N6O2/c1-4-34-23-14-22-21(13-19(23)28(2,3)27(34)36)30-25(31-22)24-18-11-10-17(12-20(18)32-33-24)26(35)29-15-16-8-6-5-7-9-16/h5-14H,4,15H2,1-3H3,(H,29,35)(H,30,31)(H,32,33). The average molecular weight is 479 g/mol. The fraction of sp³-hybridized carbons (Fsp3) is 0.214. The van der Waals surface area contributed by atoms with E-state index in [0.717, 1.165) is 38.8 Å². The molecule has 0 spiro atoms. The molecular weight excluding hydrogens is 452 g/mol. The molecule has 2 amide bonds. The lowest BCUT2D eigenvalue weighted by molar-refractivity contribution is -0.122. The van der Waals surface area contributed by atoms with Gasteiger partial charge in [0.1, 0.15) is 5.69 Å². The molecule has 0 saturated heterocycles. The predicted molar refractivity (Wildman–Crippen MR) is 140 cm³/mol. The van der Waals surface area contributed by atoms with Crippen molar-refractivity contribution in [3.63, 3.8) is 0 Å². The van der Waals surface area contributed by atoms with E-state index in [1.54, 1.807) is 12.1 Å². The zero-order valence-electron chi connectivity index (χ0n) is 20.3. The van der Waals surface area contributed by atoms with E-state index in [-0.39, 0.29) is 11.8 Å². The molecule has 1 aliphatic heterocycles. The first-order valence-electron chi connectivity index (χ1n) is 12.0. The third-order valence-corrected chi connectivity index (χ3v) is 7.00. The Bertz CT molecular complexity index is 1650. The number of nitrogens with one attached hydrogen (secondary N) is 3. The number of hydrogen-bond donors (Lipinski definition) is 3. The van der Waals surface area contributed by atoms with Gasteiger partial charge in [-0.15, -0.1) is 0 Å². The maximum absolute atomic E-state index is 12.9. The first-order valence-corrected chi connectivity index (χ1v) is 12.0. The minimum Gasteiger partial charge on any atom is -0.348 e. The lowest BCUT2D eigenvalue weighted by Crippen LogP contribution is -2.35. The predicted octanol–water partition coefficient (Wildman–Crippen LogP) is 4.68. The van der Waals surface area contributed by atoms with Crippen molar-refractivity contribution in [2.75, 3.05) is 11.4 Å². The van der Waals surface area contributed by atoms with E-state index in [2.05, 4.69) is 20.5 Å². The number of carbonyl (C=O) groups excluding carboxylic acids is 2. The molecule has 3 N–H and O–H groups in total. The molecule has 0 bridgehead atoms. The van der Waals surface area contributed by atoms with E-state index in [9.17, 15) is 9.59 Å². The van der Waals surface area contributed by atoms with Crippen molar-refractivity contribution in [2.24, 2.45) is 0 Å². The smallest absolute Gasteiger partial charge is 0.251 e. The number of amides is 2. The summed E-state index contributed by atoms with van der Waals surface area (Å²) in [5.41, 5.74) is 6.00. The van der Waals surface area contributed by atoms with Crippen molar-refractivity contribution in [3.8, 4) is 11.5 Å². The lowest BCUT2D eigenvalue weighted by atomic mass is 9.86. The van der Waals surface area contributed by atoms with E-state index < -0.39 is 5.41 Å². The first-order chi connectivity index (χ1) is 17.4. The molecule has 0 aliphatic carbocycles. The zero-order valence-corrected chi connectivity index (χ0v) is 20.3. The minimum atomic E-state index is -0.582. The third-order valence-electron chi connectivity index (χ3n) is 7.00. The van der Waals surface area contributed by atoms with Gasteiger partial charge in [-0.2, -0.15) is 5.10 Å². The number of anilines is 1. The Hall–Kier alpha value is -4.46. The molecule has 5 aromatic rings. The van der Waals surface area contributed by atoms with Gasteiger partial charge in [-0.05, 0) is 62.2 Å². The number of benzene rings is 3. The molecule has 0 radical (unpaired) electrons. The van der Waals surface area contributed by atoms with Gasteiger partial charge in [0.15, 0.2) is 5.82 Å². The fourth-order valence-corrected chi connectivity index (χ4v) is 4.98. The first kappa shape index (κ1) is 22.0. The van der Waals surface area contributed by atoms with Gasteiger partial charge in [0, 0.05) is 24.0 Å². The van der Waals surface area contributed by atoms with Gasteiger partial charge in [-0.1, -0.05) is 30.3 Å². The van der Waals surface area contributed by atoms with E-state index in [1.807, 2.05) is 74.2 Å². The van der Waals surface area contributed by atoms with Crippen LogP contribution < -0.4 is 10.2 Å². The summed E-state index contributed by atoms with van der Waals surface area (Å²) in [5.74, 6) is 0.593. The van der Waals surface area contributed by atoms with Crippen molar-refractivity contribution in [2.45, 2.75) is 32.7 Å². The molecule has 180 valence electrons. The van der Waals surface area contributed by atoms with E-state index in [4.69, 9.17) is 4.98 Å². The maximum atomic E-state index is 12.9. The second-order valence-electron chi connectivity index (χ2n) is 9.65.